The molecule has 2 rings (SSSR count). The van der Waals surface area contributed by atoms with Gasteiger partial charge in [-0.2, -0.15) is 0 Å². The van der Waals surface area contributed by atoms with Gasteiger partial charge in [0.25, 0.3) is 0 Å². The lowest BCUT2D eigenvalue weighted by molar-refractivity contribution is -0.142. The van der Waals surface area contributed by atoms with Crippen LogP contribution >= 0.6 is 0 Å². The maximum atomic E-state index is 11.4. The lowest BCUT2D eigenvalue weighted by atomic mass is 10.3. The summed E-state index contributed by atoms with van der Waals surface area (Å²) in [6, 6.07) is 8.54. The van der Waals surface area contributed by atoms with Crippen molar-refractivity contribution in [2.45, 2.75) is 6.10 Å². The third-order valence-corrected chi connectivity index (χ3v) is 1.82. The number of cyclic esters (lactones) is 2. The minimum absolute atomic E-state index is 0.0928. The van der Waals surface area contributed by atoms with Gasteiger partial charge >= 0.3 is 12.1 Å². The number of hydrogen-bond acceptors (Lipinski definition) is 5. The second-order valence-corrected chi connectivity index (χ2v) is 2.90. The number of carbonyl (C=O) groups excluding carboxylic acids is 2. The van der Waals surface area contributed by atoms with Crippen LogP contribution in [0.3, 0.4) is 0 Å². The fraction of sp³-hybridized carbons (Fsp3) is 0.200. The Kier molecular flexibility index (Phi) is 2.53. The van der Waals surface area contributed by atoms with Gasteiger partial charge in [-0.25, -0.2) is 9.59 Å². The molecule has 1 aliphatic heterocycles. The Morgan fingerprint density at radius 1 is 1.33 bits per heavy atom. The van der Waals surface area contributed by atoms with Gasteiger partial charge in [-0.15, -0.1) is 0 Å². The average molecular weight is 208 g/mol. The van der Waals surface area contributed by atoms with Crippen molar-refractivity contribution in [3.8, 4) is 5.75 Å². The third-order valence-electron chi connectivity index (χ3n) is 1.82. The van der Waals surface area contributed by atoms with E-state index in [1.165, 1.54) is 0 Å². The highest BCUT2D eigenvalue weighted by atomic mass is 16.8. The van der Waals surface area contributed by atoms with Crippen LogP contribution in [0.15, 0.2) is 30.3 Å². The minimum atomic E-state index is -0.960. The lowest BCUT2D eigenvalue weighted by Gasteiger charge is -2.06. The predicted octanol–water partition coefficient (Wildman–Crippen LogP) is 1.13. The molecule has 1 atom stereocenters. The SMILES string of the molecule is O=C1OCC(C(=O)Oc2ccccc2)O1. The highest BCUT2D eigenvalue weighted by Gasteiger charge is 2.33. The summed E-state index contributed by atoms with van der Waals surface area (Å²) < 4.78 is 14.0. The van der Waals surface area contributed by atoms with Crippen molar-refractivity contribution in [3.63, 3.8) is 0 Å². The molecule has 1 aliphatic rings. The first kappa shape index (κ1) is 9.51. The van der Waals surface area contributed by atoms with Gasteiger partial charge in [0.2, 0.25) is 6.10 Å². The number of para-hydroxylation sites is 1. The van der Waals surface area contributed by atoms with Crippen LogP contribution < -0.4 is 4.74 Å². The van der Waals surface area contributed by atoms with Gasteiger partial charge < -0.3 is 14.2 Å². The molecular formula is C10H8O5. The Balaban J connectivity index is 1.96. The van der Waals surface area contributed by atoms with E-state index in [4.69, 9.17) is 4.74 Å². The van der Waals surface area contributed by atoms with E-state index >= 15 is 0 Å². The molecule has 1 unspecified atom stereocenters. The molecule has 0 aliphatic carbocycles. The van der Waals surface area contributed by atoms with Crippen LogP contribution in [0.25, 0.3) is 0 Å². The average Bonchev–Trinajstić information content (AvgIpc) is 2.66. The van der Waals surface area contributed by atoms with Gasteiger partial charge in [-0.05, 0) is 12.1 Å². The fourth-order valence-electron chi connectivity index (χ4n) is 1.11. The molecule has 0 radical (unpaired) electrons. The van der Waals surface area contributed by atoms with Crippen LogP contribution in [0.5, 0.6) is 5.75 Å². The van der Waals surface area contributed by atoms with Gasteiger partial charge in [0.1, 0.15) is 12.4 Å². The van der Waals surface area contributed by atoms with Crippen LogP contribution in [0.2, 0.25) is 0 Å². The molecule has 0 N–H and O–H groups in total. The van der Waals surface area contributed by atoms with Gasteiger partial charge in [-0.1, -0.05) is 18.2 Å². The van der Waals surface area contributed by atoms with E-state index < -0.39 is 18.2 Å². The largest absolute Gasteiger partial charge is 0.509 e. The first-order valence-corrected chi connectivity index (χ1v) is 4.36. The number of carbonyl (C=O) groups is 2. The van der Waals surface area contributed by atoms with Crippen molar-refractivity contribution in [2.75, 3.05) is 6.61 Å². The molecule has 5 heteroatoms. The molecule has 15 heavy (non-hydrogen) atoms. The van der Waals surface area contributed by atoms with Crippen LogP contribution in [0.4, 0.5) is 4.79 Å². The predicted molar refractivity (Wildman–Crippen MR) is 48.3 cm³/mol. The Morgan fingerprint density at radius 2 is 2.07 bits per heavy atom. The Bertz CT molecular complexity index is 373. The van der Waals surface area contributed by atoms with Gasteiger partial charge in [0, 0.05) is 0 Å². The summed E-state index contributed by atoms with van der Waals surface area (Å²) in [6.45, 7) is -0.0928. The van der Waals surface area contributed by atoms with Crippen molar-refractivity contribution in [1.29, 1.82) is 0 Å². The number of rotatable bonds is 2. The molecule has 1 aromatic rings. The van der Waals surface area contributed by atoms with E-state index in [1.807, 2.05) is 0 Å². The quantitative estimate of drug-likeness (QED) is 0.538. The molecule has 1 saturated heterocycles. The first-order valence-electron chi connectivity index (χ1n) is 4.36. The highest BCUT2D eigenvalue weighted by molar-refractivity contribution is 5.81. The first-order chi connectivity index (χ1) is 7.25. The monoisotopic (exact) mass is 208 g/mol. The van der Waals surface area contributed by atoms with E-state index in [-0.39, 0.29) is 6.61 Å². The molecule has 0 amide bonds. The van der Waals surface area contributed by atoms with Gasteiger partial charge in [0.05, 0.1) is 0 Å². The Morgan fingerprint density at radius 3 is 2.67 bits per heavy atom. The zero-order valence-electron chi connectivity index (χ0n) is 7.71. The molecule has 1 aromatic carbocycles. The van der Waals surface area contributed by atoms with Gasteiger partial charge in [-0.3, -0.25) is 0 Å². The second kappa shape index (κ2) is 4.00. The van der Waals surface area contributed by atoms with Crippen molar-refractivity contribution in [2.24, 2.45) is 0 Å². The van der Waals surface area contributed by atoms with Crippen LogP contribution in [0, 0.1) is 0 Å². The van der Waals surface area contributed by atoms with Crippen LogP contribution in [-0.4, -0.2) is 24.8 Å². The topological polar surface area (TPSA) is 61.8 Å². The number of ether oxygens (including phenoxy) is 3. The molecule has 5 nitrogen and oxygen atoms in total. The Labute approximate surface area is 85.5 Å². The number of esters is 1. The number of benzene rings is 1. The molecule has 1 fully saturated rings. The maximum Gasteiger partial charge on any atom is 0.509 e. The fourth-order valence-corrected chi connectivity index (χ4v) is 1.11. The van der Waals surface area contributed by atoms with Crippen LogP contribution in [-0.2, 0) is 14.3 Å². The van der Waals surface area contributed by atoms with Crippen molar-refractivity contribution >= 4 is 12.1 Å². The summed E-state index contributed by atoms with van der Waals surface area (Å²) in [5.41, 5.74) is 0. The molecule has 78 valence electrons. The third kappa shape index (κ3) is 2.25. The molecule has 0 saturated carbocycles. The maximum absolute atomic E-state index is 11.4. The van der Waals surface area contributed by atoms with Crippen molar-refractivity contribution < 1.29 is 23.8 Å². The van der Waals surface area contributed by atoms with Crippen molar-refractivity contribution in [3.05, 3.63) is 30.3 Å². The molecule has 0 spiro atoms. The second-order valence-electron chi connectivity index (χ2n) is 2.90. The van der Waals surface area contributed by atoms with E-state index in [1.54, 1.807) is 30.3 Å². The smallest absolute Gasteiger partial charge is 0.430 e. The summed E-state index contributed by atoms with van der Waals surface area (Å²) in [4.78, 5) is 21.9. The summed E-state index contributed by atoms with van der Waals surface area (Å²) in [7, 11) is 0. The minimum Gasteiger partial charge on any atom is -0.430 e. The molecule has 0 bridgehead atoms. The van der Waals surface area contributed by atoms with E-state index in [0.29, 0.717) is 5.75 Å². The number of hydrogen-bond donors (Lipinski definition) is 0. The van der Waals surface area contributed by atoms with Gasteiger partial charge in [0.15, 0.2) is 0 Å². The summed E-state index contributed by atoms with van der Waals surface area (Å²) in [5.74, 6) is -0.225. The molecule has 0 aromatic heterocycles. The normalized spacial score (nSPS) is 19.2. The van der Waals surface area contributed by atoms with Crippen LogP contribution in [0.1, 0.15) is 0 Å². The molecular weight excluding hydrogens is 200 g/mol. The summed E-state index contributed by atoms with van der Waals surface area (Å²) in [5, 5.41) is 0. The van der Waals surface area contributed by atoms with E-state index in [9.17, 15) is 9.59 Å². The summed E-state index contributed by atoms with van der Waals surface area (Å²) >= 11 is 0. The lowest BCUT2D eigenvalue weighted by Crippen LogP contribution is -2.27. The molecule has 1 heterocycles. The highest BCUT2D eigenvalue weighted by Crippen LogP contribution is 2.13. The standard InChI is InChI=1S/C10H8O5/c11-9(8-6-13-10(12)15-8)14-7-4-2-1-3-5-7/h1-5,8H,6H2. The zero-order valence-corrected chi connectivity index (χ0v) is 7.71. The van der Waals surface area contributed by atoms with E-state index in [2.05, 4.69) is 9.47 Å². The zero-order chi connectivity index (χ0) is 10.7. The summed E-state index contributed by atoms with van der Waals surface area (Å²) in [6.07, 6.45) is -1.80. The van der Waals surface area contributed by atoms with Crippen molar-refractivity contribution in [1.82, 2.24) is 0 Å². The van der Waals surface area contributed by atoms with E-state index in [0.717, 1.165) is 0 Å². The Hall–Kier alpha value is -2.04.